The van der Waals surface area contributed by atoms with E-state index in [4.69, 9.17) is 9.47 Å². The molecule has 7 heteroatoms. The highest BCUT2D eigenvalue weighted by molar-refractivity contribution is 5.86. The fourth-order valence-corrected chi connectivity index (χ4v) is 7.67. The molecule has 0 amide bonds. The number of unbranched alkanes of at least 4 members (excludes halogenated alkanes) is 1. The maximum Gasteiger partial charge on any atom is 0.342 e. The van der Waals surface area contributed by atoms with Crippen molar-refractivity contribution < 1.29 is 24.5 Å². The van der Waals surface area contributed by atoms with Crippen LogP contribution in [0.5, 0.6) is 5.75 Å². The highest BCUT2D eigenvalue weighted by atomic mass is 16.5. The number of ether oxygens (including phenoxy) is 2. The lowest BCUT2D eigenvalue weighted by Gasteiger charge is -2.63. The van der Waals surface area contributed by atoms with Gasteiger partial charge in [-0.2, -0.15) is 0 Å². The zero-order valence-corrected chi connectivity index (χ0v) is 19.4. The number of hydrogen-bond acceptors (Lipinski definition) is 7. The van der Waals surface area contributed by atoms with Crippen LogP contribution in [-0.2, 0) is 14.9 Å². The van der Waals surface area contributed by atoms with Gasteiger partial charge in [0.15, 0.2) is 0 Å². The summed E-state index contributed by atoms with van der Waals surface area (Å²) in [6, 6.07) is 5.36. The molecule has 32 heavy (non-hydrogen) atoms. The summed E-state index contributed by atoms with van der Waals surface area (Å²) in [5.74, 6) is -0.0452. The van der Waals surface area contributed by atoms with Crippen LogP contribution in [0.25, 0.3) is 0 Å². The van der Waals surface area contributed by atoms with Crippen LogP contribution in [0.3, 0.4) is 0 Å². The van der Waals surface area contributed by atoms with Gasteiger partial charge >= 0.3 is 5.97 Å². The number of anilines is 1. The number of rotatable bonds is 5. The van der Waals surface area contributed by atoms with Crippen LogP contribution in [0.2, 0.25) is 0 Å². The molecule has 4 aliphatic rings. The lowest BCUT2D eigenvalue weighted by Crippen LogP contribution is -2.80. The van der Waals surface area contributed by atoms with Gasteiger partial charge < -0.3 is 24.6 Å². The van der Waals surface area contributed by atoms with E-state index in [2.05, 4.69) is 30.0 Å². The summed E-state index contributed by atoms with van der Waals surface area (Å²) in [5.41, 5.74) is -1.28. The SMILES string of the molecule is CCCCC12C=CCN3CCC4(c5ccc(OC)cc5N(C)C4C(O)(C(=O)OC)C1O)C32. The minimum Gasteiger partial charge on any atom is -0.497 e. The standard InChI is InChI=1S/C25H34N2O5/c1-5-6-10-23-11-7-13-27-14-12-24(19(23)27)17-9-8-16(31-3)15-18(17)26(2)20(24)25(30,21(23)28)22(29)32-4/h7-9,11,15,19-21,28,30H,5-6,10,12-14H2,1-4H3. The maximum atomic E-state index is 13.3. The van der Waals surface area contributed by atoms with E-state index in [0.717, 1.165) is 49.4 Å². The van der Waals surface area contributed by atoms with Gasteiger partial charge in [-0.05, 0) is 31.0 Å². The number of methoxy groups -OCH3 is 2. The van der Waals surface area contributed by atoms with E-state index in [9.17, 15) is 15.0 Å². The third kappa shape index (κ3) is 2.34. The summed E-state index contributed by atoms with van der Waals surface area (Å²) in [5, 5.41) is 24.1. The van der Waals surface area contributed by atoms with E-state index >= 15 is 0 Å². The lowest BCUT2D eigenvalue weighted by molar-refractivity contribution is -0.219. The second-order valence-corrected chi connectivity index (χ2v) is 9.92. The Morgan fingerprint density at radius 1 is 1.28 bits per heavy atom. The van der Waals surface area contributed by atoms with Crippen LogP contribution in [0.1, 0.15) is 38.2 Å². The van der Waals surface area contributed by atoms with Crippen molar-refractivity contribution in [1.82, 2.24) is 4.90 Å². The molecular weight excluding hydrogens is 408 g/mol. The van der Waals surface area contributed by atoms with Crippen molar-refractivity contribution >= 4 is 11.7 Å². The van der Waals surface area contributed by atoms with Crippen molar-refractivity contribution in [2.75, 3.05) is 39.3 Å². The third-order valence-electron chi connectivity index (χ3n) is 8.72. The Labute approximate surface area is 189 Å². The first-order valence-corrected chi connectivity index (χ1v) is 11.6. The summed E-state index contributed by atoms with van der Waals surface area (Å²) in [6.07, 6.45) is 6.27. The normalized spacial score (nSPS) is 39.4. The van der Waals surface area contributed by atoms with Gasteiger partial charge in [0, 0.05) is 42.2 Å². The fourth-order valence-electron chi connectivity index (χ4n) is 7.67. The average molecular weight is 443 g/mol. The molecule has 0 aromatic heterocycles. The summed E-state index contributed by atoms with van der Waals surface area (Å²) >= 11 is 0. The number of nitrogens with zero attached hydrogens (tertiary/aromatic N) is 2. The van der Waals surface area contributed by atoms with Crippen molar-refractivity contribution in [1.29, 1.82) is 0 Å². The first kappa shape index (κ1) is 21.7. The van der Waals surface area contributed by atoms with E-state index in [1.54, 1.807) is 7.11 Å². The predicted molar refractivity (Wildman–Crippen MR) is 121 cm³/mol. The summed E-state index contributed by atoms with van der Waals surface area (Å²) < 4.78 is 10.6. The average Bonchev–Trinajstić information content (AvgIpc) is 3.32. The first-order chi connectivity index (χ1) is 15.3. The first-order valence-electron chi connectivity index (χ1n) is 11.6. The Bertz CT molecular complexity index is 966. The molecule has 1 aliphatic carbocycles. The number of carbonyl (C=O) groups is 1. The Hall–Kier alpha value is -2.09. The van der Waals surface area contributed by atoms with Gasteiger partial charge in [-0.3, -0.25) is 4.90 Å². The number of aliphatic hydroxyl groups excluding tert-OH is 1. The Kier molecular flexibility index (Phi) is 4.89. The van der Waals surface area contributed by atoms with Crippen LogP contribution in [0.4, 0.5) is 5.69 Å². The van der Waals surface area contributed by atoms with Gasteiger partial charge in [-0.25, -0.2) is 4.79 Å². The van der Waals surface area contributed by atoms with Crippen LogP contribution < -0.4 is 9.64 Å². The van der Waals surface area contributed by atoms with Crippen LogP contribution in [0.15, 0.2) is 30.4 Å². The maximum absolute atomic E-state index is 13.3. The highest BCUT2D eigenvalue weighted by Gasteiger charge is 2.79. The molecule has 7 nitrogen and oxygen atoms in total. The van der Waals surface area contributed by atoms with Crippen LogP contribution in [-0.4, -0.2) is 79.2 Å². The van der Waals surface area contributed by atoms with Crippen LogP contribution in [0, 0.1) is 5.41 Å². The van der Waals surface area contributed by atoms with Gasteiger partial charge in [0.1, 0.15) is 11.9 Å². The zero-order chi connectivity index (χ0) is 22.9. The van der Waals surface area contributed by atoms with Crippen molar-refractivity contribution in [3.8, 4) is 5.75 Å². The number of esters is 1. The van der Waals surface area contributed by atoms with E-state index in [-0.39, 0.29) is 6.04 Å². The molecule has 5 rings (SSSR count). The zero-order valence-electron chi connectivity index (χ0n) is 19.4. The van der Waals surface area contributed by atoms with Gasteiger partial charge in [0.05, 0.1) is 20.3 Å². The molecule has 1 saturated heterocycles. The minimum atomic E-state index is -2.07. The number of likely N-dealkylation sites (N-methyl/N-ethyl adjacent to an activating group) is 1. The third-order valence-corrected chi connectivity index (χ3v) is 8.72. The molecule has 3 aliphatic heterocycles. The van der Waals surface area contributed by atoms with Crippen molar-refractivity contribution in [3.63, 3.8) is 0 Å². The molecule has 1 spiro atoms. The van der Waals surface area contributed by atoms with Gasteiger partial charge in [0.2, 0.25) is 5.60 Å². The largest absolute Gasteiger partial charge is 0.497 e. The summed E-state index contributed by atoms with van der Waals surface area (Å²) in [6.45, 7) is 3.79. The Morgan fingerprint density at radius 3 is 2.75 bits per heavy atom. The number of aliphatic hydroxyl groups is 2. The molecule has 6 unspecified atom stereocenters. The Morgan fingerprint density at radius 2 is 2.06 bits per heavy atom. The summed E-state index contributed by atoms with van der Waals surface area (Å²) in [7, 11) is 4.82. The number of fused-ring (bicyclic) bond motifs is 1. The molecule has 3 heterocycles. The lowest BCUT2D eigenvalue weighted by atomic mass is 9.47. The van der Waals surface area contributed by atoms with E-state index in [1.165, 1.54) is 7.11 Å². The van der Waals surface area contributed by atoms with Gasteiger partial charge in [-0.15, -0.1) is 0 Å². The quantitative estimate of drug-likeness (QED) is 0.532. The van der Waals surface area contributed by atoms with Gasteiger partial charge in [0.25, 0.3) is 0 Å². The van der Waals surface area contributed by atoms with E-state index < -0.39 is 34.5 Å². The minimum absolute atomic E-state index is 0.0198. The number of hydrogen-bond donors (Lipinski definition) is 2. The second-order valence-electron chi connectivity index (χ2n) is 9.92. The van der Waals surface area contributed by atoms with Gasteiger partial charge in [-0.1, -0.05) is 38.0 Å². The van der Waals surface area contributed by atoms with Crippen LogP contribution >= 0.6 is 0 Å². The molecule has 6 atom stereocenters. The molecule has 1 aromatic carbocycles. The molecular formula is C25H34N2O5. The smallest absolute Gasteiger partial charge is 0.342 e. The molecule has 2 fully saturated rings. The fraction of sp³-hybridized carbons (Fsp3) is 0.640. The Balaban J connectivity index is 1.82. The molecule has 2 N–H and O–H groups in total. The molecule has 1 aromatic rings. The van der Waals surface area contributed by atoms with Crippen molar-refractivity contribution in [2.24, 2.45) is 5.41 Å². The van der Waals surface area contributed by atoms with E-state index in [1.807, 2.05) is 24.1 Å². The van der Waals surface area contributed by atoms with E-state index in [0.29, 0.717) is 6.42 Å². The molecule has 0 radical (unpaired) electrons. The molecule has 0 bridgehead atoms. The van der Waals surface area contributed by atoms with Crippen molar-refractivity contribution in [3.05, 3.63) is 35.9 Å². The topological polar surface area (TPSA) is 82.5 Å². The second kappa shape index (κ2) is 7.20. The molecule has 1 saturated carbocycles. The molecule has 174 valence electrons. The monoisotopic (exact) mass is 442 g/mol. The number of benzene rings is 1. The predicted octanol–water partition coefficient (Wildman–Crippen LogP) is 1.85. The highest BCUT2D eigenvalue weighted by Crippen LogP contribution is 2.67. The number of carbonyl (C=O) groups excluding carboxylic acids is 1. The van der Waals surface area contributed by atoms with Crippen molar-refractivity contribution in [2.45, 2.75) is 61.8 Å². The summed E-state index contributed by atoms with van der Waals surface area (Å²) in [4.78, 5) is 17.7.